The van der Waals surface area contributed by atoms with Gasteiger partial charge in [0.25, 0.3) is 10.1 Å². The number of hydrogen-bond donors (Lipinski definition) is 1. The van der Waals surface area contributed by atoms with Crippen molar-refractivity contribution in [3.05, 3.63) is 23.8 Å². The third-order valence-corrected chi connectivity index (χ3v) is 3.74. The van der Waals surface area contributed by atoms with Gasteiger partial charge in [0, 0.05) is 5.69 Å². The number of nitrogens with zero attached hydrogens (tertiary/aromatic N) is 1. The largest absolute Gasteiger partial charge is 0.305 e. The molecular formula is C11H11NO5S. The Hall–Kier alpha value is -1.73. The van der Waals surface area contributed by atoms with E-state index in [1.807, 2.05) is 0 Å². The standard InChI is InChI=1S/C11H11NO5S/c1-7-2-3-8(4-10(7)18(15,16)17)12-6-9(13)5-11(12)14/h2-4H,5-6H2,1H3,(H,15,16,17). The maximum Gasteiger partial charge on any atom is 0.294 e. The average molecular weight is 269 g/mol. The van der Waals surface area contributed by atoms with Crippen LogP contribution in [0.1, 0.15) is 12.0 Å². The minimum atomic E-state index is -4.34. The molecule has 1 saturated heterocycles. The fourth-order valence-corrected chi connectivity index (χ4v) is 2.60. The first-order valence-electron chi connectivity index (χ1n) is 5.19. The van der Waals surface area contributed by atoms with Gasteiger partial charge in [-0.25, -0.2) is 0 Å². The summed E-state index contributed by atoms with van der Waals surface area (Å²) in [5, 5.41) is 0. The molecule has 2 rings (SSSR count). The zero-order chi connectivity index (χ0) is 13.5. The summed E-state index contributed by atoms with van der Waals surface area (Å²) in [5.41, 5.74) is 0.670. The highest BCUT2D eigenvalue weighted by molar-refractivity contribution is 7.85. The summed E-state index contributed by atoms with van der Waals surface area (Å²) in [5.74, 6) is -0.584. The molecule has 1 aromatic rings. The topological polar surface area (TPSA) is 91.8 Å². The van der Waals surface area contributed by atoms with Gasteiger partial charge in [0.2, 0.25) is 5.91 Å². The number of amides is 1. The van der Waals surface area contributed by atoms with Gasteiger partial charge in [-0.05, 0) is 24.6 Å². The normalized spacial score (nSPS) is 16.4. The Morgan fingerprint density at radius 2 is 1.94 bits per heavy atom. The smallest absolute Gasteiger partial charge is 0.294 e. The van der Waals surface area contributed by atoms with E-state index in [0.29, 0.717) is 11.3 Å². The maximum absolute atomic E-state index is 11.5. The molecule has 1 aliphatic rings. The molecule has 0 saturated carbocycles. The predicted octanol–water partition coefficient (Wildman–Crippen LogP) is 0.548. The SMILES string of the molecule is Cc1ccc(N2CC(=O)CC2=O)cc1S(=O)(=O)O. The lowest BCUT2D eigenvalue weighted by Gasteiger charge is -2.16. The highest BCUT2D eigenvalue weighted by Crippen LogP contribution is 2.25. The first-order chi connectivity index (χ1) is 8.29. The lowest BCUT2D eigenvalue weighted by atomic mass is 10.2. The van der Waals surface area contributed by atoms with E-state index < -0.39 is 10.1 Å². The van der Waals surface area contributed by atoms with E-state index in [0.717, 1.165) is 0 Å². The Bertz CT molecular complexity index is 635. The van der Waals surface area contributed by atoms with Gasteiger partial charge in [-0.3, -0.25) is 14.1 Å². The van der Waals surface area contributed by atoms with Gasteiger partial charge in [-0.15, -0.1) is 0 Å². The van der Waals surface area contributed by atoms with Crippen molar-refractivity contribution in [2.45, 2.75) is 18.2 Å². The van der Waals surface area contributed by atoms with Crippen LogP contribution in [0.4, 0.5) is 5.69 Å². The van der Waals surface area contributed by atoms with Gasteiger partial charge in [0.15, 0.2) is 5.78 Å². The first kappa shape index (κ1) is 12.7. The van der Waals surface area contributed by atoms with Crippen LogP contribution in [0.25, 0.3) is 0 Å². The van der Waals surface area contributed by atoms with Crippen LogP contribution in [0.2, 0.25) is 0 Å². The Kier molecular flexibility index (Phi) is 2.95. The average Bonchev–Trinajstić information content (AvgIpc) is 2.57. The van der Waals surface area contributed by atoms with Crippen LogP contribution in [0, 0.1) is 6.92 Å². The molecule has 0 atom stereocenters. The van der Waals surface area contributed by atoms with Crippen molar-refractivity contribution in [3.8, 4) is 0 Å². The summed E-state index contributed by atoms with van der Waals surface area (Å²) in [7, 11) is -4.34. The molecule has 1 heterocycles. The van der Waals surface area contributed by atoms with Crippen LogP contribution >= 0.6 is 0 Å². The molecular weight excluding hydrogens is 258 g/mol. The lowest BCUT2D eigenvalue weighted by molar-refractivity contribution is -0.121. The molecule has 1 fully saturated rings. The van der Waals surface area contributed by atoms with Crippen LogP contribution in [-0.2, 0) is 19.7 Å². The molecule has 1 amide bonds. The van der Waals surface area contributed by atoms with Crippen molar-refractivity contribution < 1.29 is 22.6 Å². The van der Waals surface area contributed by atoms with E-state index in [2.05, 4.69) is 0 Å². The number of hydrogen-bond acceptors (Lipinski definition) is 4. The number of rotatable bonds is 2. The number of carbonyl (C=O) groups excluding carboxylic acids is 2. The first-order valence-corrected chi connectivity index (χ1v) is 6.63. The molecule has 7 heteroatoms. The van der Waals surface area contributed by atoms with E-state index in [1.54, 1.807) is 6.07 Å². The molecule has 0 radical (unpaired) electrons. The summed E-state index contributed by atoms with van der Waals surface area (Å²) in [6.07, 6.45) is -0.172. The van der Waals surface area contributed by atoms with Crippen LogP contribution in [0.3, 0.4) is 0 Å². The number of Topliss-reactive ketones (excluding diaryl/α,β-unsaturated/α-hetero) is 1. The monoisotopic (exact) mass is 269 g/mol. The molecule has 1 aromatic carbocycles. The van der Waals surface area contributed by atoms with Crippen LogP contribution in [-0.4, -0.2) is 31.2 Å². The quantitative estimate of drug-likeness (QED) is 0.625. The fourth-order valence-electron chi connectivity index (χ4n) is 1.85. The molecule has 0 aromatic heterocycles. The van der Waals surface area contributed by atoms with Crippen molar-refractivity contribution in [1.82, 2.24) is 0 Å². The summed E-state index contributed by atoms with van der Waals surface area (Å²) in [4.78, 5) is 23.6. The number of benzene rings is 1. The summed E-state index contributed by atoms with van der Waals surface area (Å²) >= 11 is 0. The van der Waals surface area contributed by atoms with Crippen molar-refractivity contribution in [2.24, 2.45) is 0 Å². The second kappa shape index (κ2) is 4.18. The fraction of sp³-hybridized carbons (Fsp3) is 0.273. The molecule has 0 bridgehead atoms. The molecule has 0 unspecified atom stereocenters. The molecule has 0 spiro atoms. The van der Waals surface area contributed by atoms with E-state index in [4.69, 9.17) is 4.55 Å². The maximum atomic E-state index is 11.5. The highest BCUT2D eigenvalue weighted by Gasteiger charge is 2.29. The number of ketones is 1. The number of anilines is 1. The number of aryl methyl sites for hydroxylation is 1. The summed E-state index contributed by atoms with van der Waals surface area (Å²) < 4.78 is 31.4. The van der Waals surface area contributed by atoms with Gasteiger partial charge in [-0.1, -0.05) is 6.07 Å². The molecule has 6 nitrogen and oxygen atoms in total. The lowest BCUT2D eigenvalue weighted by Crippen LogP contribution is -2.24. The molecule has 96 valence electrons. The Balaban J connectivity index is 2.48. The minimum Gasteiger partial charge on any atom is -0.305 e. The minimum absolute atomic E-state index is 0.0627. The molecule has 0 aliphatic carbocycles. The van der Waals surface area contributed by atoms with E-state index in [9.17, 15) is 18.0 Å². The zero-order valence-corrected chi connectivity index (χ0v) is 10.4. The van der Waals surface area contributed by atoms with Crippen molar-refractivity contribution >= 4 is 27.5 Å². The van der Waals surface area contributed by atoms with E-state index >= 15 is 0 Å². The second-order valence-corrected chi connectivity index (χ2v) is 5.51. The highest BCUT2D eigenvalue weighted by atomic mass is 32.2. The van der Waals surface area contributed by atoms with Crippen LogP contribution in [0.15, 0.2) is 23.1 Å². The Morgan fingerprint density at radius 1 is 1.28 bits per heavy atom. The van der Waals surface area contributed by atoms with Gasteiger partial charge >= 0.3 is 0 Å². The summed E-state index contributed by atoms with van der Waals surface area (Å²) in [6, 6.07) is 4.22. The third-order valence-electron chi connectivity index (χ3n) is 2.75. The van der Waals surface area contributed by atoms with E-state index in [1.165, 1.54) is 24.0 Å². The second-order valence-electron chi connectivity index (χ2n) is 4.12. The Morgan fingerprint density at radius 3 is 2.44 bits per heavy atom. The molecule has 1 aliphatic heterocycles. The van der Waals surface area contributed by atoms with Crippen LogP contribution < -0.4 is 4.90 Å². The van der Waals surface area contributed by atoms with Gasteiger partial charge in [0.1, 0.15) is 0 Å². The molecule has 1 N–H and O–H groups in total. The van der Waals surface area contributed by atoms with Gasteiger partial charge in [0.05, 0.1) is 17.9 Å². The van der Waals surface area contributed by atoms with Crippen molar-refractivity contribution in [2.75, 3.05) is 11.4 Å². The zero-order valence-electron chi connectivity index (χ0n) is 9.58. The Labute approximate surface area is 104 Å². The summed E-state index contributed by atoms with van der Waals surface area (Å²) in [6.45, 7) is 1.47. The van der Waals surface area contributed by atoms with Gasteiger partial charge in [-0.2, -0.15) is 8.42 Å². The van der Waals surface area contributed by atoms with Crippen LogP contribution in [0.5, 0.6) is 0 Å². The predicted molar refractivity (Wildman–Crippen MR) is 63.0 cm³/mol. The van der Waals surface area contributed by atoms with Gasteiger partial charge < -0.3 is 4.90 Å². The van der Waals surface area contributed by atoms with Crippen molar-refractivity contribution in [3.63, 3.8) is 0 Å². The number of carbonyl (C=O) groups is 2. The van der Waals surface area contributed by atoms with E-state index in [-0.39, 0.29) is 29.6 Å². The molecule has 18 heavy (non-hydrogen) atoms. The van der Waals surface area contributed by atoms with Crippen molar-refractivity contribution in [1.29, 1.82) is 0 Å². The third kappa shape index (κ3) is 2.27.